The monoisotopic (exact) mass is 373 g/mol. The van der Waals surface area contributed by atoms with Crippen molar-refractivity contribution in [3.8, 4) is 5.75 Å². The van der Waals surface area contributed by atoms with E-state index in [9.17, 15) is 8.42 Å². The second-order valence-corrected chi connectivity index (χ2v) is 8.21. The molecule has 1 fully saturated rings. The number of hydrogen-bond donors (Lipinski definition) is 0. The predicted octanol–water partition coefficient (Wildman–Crippen LogP) is 3.80. The maximum absolute atomic E-state index is 13.1. The van der Waals surface area contributed by atoms with Crippen molar-refractivity contribution < 1.29 is 17.9 Å². The lowest BCUT2D eigenvalue weighted by molar-refractivity contribution is 0.262. The van der Waals surface area contributed by atoms with Crippen LogP contribution in [0.15, 0.2) is 59.2 Å². The number of methoxy groups -OCH3 is 1. The van der Waals surface area contributed by atoms with E-state index in [1.807, 2.05) is 31.2 Å². The van der Waals surface area contributed by atoms with Crippen LogP contribution in [-0.4, -0.2) is 33.5 Å². The molecule has 1 saturated heterocycles. The van der Waals surface area contributed by atoms with E-state index in [4.69, 9.17) is 9.47 Å². The molecule has 0 radical (unpaired) electrons. The Morgan fingerprint density at radius 2 is 1.73 bits per heavy atom. The van der Waals surface area contributed by atoms with E-state index in [0.29, 0.717) is 18.1 Å². The van der Waals surface area contributed by atoms with Crippen LogP contribution in [0.5, 0.6) is 5.75 Å². The van der Waals surface area contributed by atoms with Gasteiger partial charge in [-0.3, -0.25) is 4.31 Å². The summed E-state index contributed by atoms with van der Waals surface area (Å²) in [5.41, 5.74) is 2.37. The molecule has 3 rings (SSSR count). The Labute approximate surface area is 154 Å². The number of hydrogen-bond acceptors (Lipinski definition) is 4. The van der Waals surface area contributed by atoms with Gasteiger partial charge in [-0.05, 0) is 49.7 Å². The molecule has 2 aromatic rings. The Morgan fingerprint density at radius 3 is 2.27 bits per heavy atom. The molecule has 5 nitrogen and oxygen atoms in total. The second-order valence-electron chi connectivity index (χ2n) is 6.24. The Morgan fingerprint density at radius 1 is 1.08 bits per heavy atom. The summed E-state index contributed by atoms with van der Waals surface area (Å²) in [6.45, 7) is 2.53. The van der Waals surface area contributed by atoms with Gasteiger partial charge in [-0.2, -0.15) is 0 Å². The molecule has 0 unspecified atom stereocenters. The highest BCUT2D eigenvalue weighted by molar-refractivity contribution is 7.89. The quantitative estimate of drug-likeness (QED) is 0.800. The molecule has 2 aromatic carbocycles. The first-order chi connectivity index (χ1) is 12.4. The third kappa shape index (κ3) is 3.55. The fourth-order valence-corrected chi connectivity index (χ4v) is 4.19. The first-order valence-electron chi connectivity index (χ1n) is 8.49. The standard InChI is InChI=1S/C20H23NO4S/c1-15-6-12-18(13-7-15)26(22,23)21(2)20(19-5-4-14-25-19)16-8-10-17(24-3)11-9-16/h6-13H,4-5,14H2,1-3H3/b20-19+. The molecular formula is C20H23NO4S. The summed E-state index contributed by atoms with van der Waals surface area (Å²) in [7, 11) is -0.520. The average molecular weight is 373 g/mol. The van der Waals surface area contributed by atoms with Crippen LogP contribution >= 0.6 is 0 Å². The van der Waals surface area contributed by atoms with Crippen molar-refractivity contribution in [3.63, 3.8) is 0 Å². The highest BCUT2D eigenvalue weighted by Gasteiger charge is 2.28. The molecule has 0 spiro atoms. The molecule has 0 aliphatic carbocycles. The van der Waals surface area contributed by atoms with E-state index in [1.165, 1.54) is 4.31 Å². The Balaban J connectivity index is 2.06. The summed E-state index contributed by atoms with van der Waals surface area (Å²) < 4.78 is 38.6. The zero-order valence-electron chi connectivity index (χ0n) is 15.2. The SMILES string of the molecule is COc1ccc(/C(=C2/CCCO2)N(C)S(=O)(=O)c2ccc(C)cc2)cc1. The van der Waals surface area contributed by atoms with Crippen molar-refractivity contribution in [2.45, 2.75) is 24.7 Å². The van der Waals surface area contributed by atoms with E-state index in [2.05, 4.69) is 0 Å². The average Bonchev–Trinajstić information content (AvgIpc) is 3.17. The number of rotatable bonds is 5. The highest BCUT2D eigenvalue weighted by Crippen LogP contribution is 2.33. The van der Waals surface area contributed by atoms with Gasteiger partial charge in [0.1, 0.15) is 11.5 Å². The molecule has 138 valence electrons. The molecule has 0 bridgehead atoms. The maximum atomic E-state index is 13.1. The summed E-state index contributed by atoms with van der Waals surface area (Å²) in [6, 6.07) is 14.2. The normalized spacial score (nSPS) is 16.1. The Bertz CT molecular complexity index is 892. The van der Waals surface area contributed by atoms with Gasteiger partial charge in [0.15, 0.2) is 0 Å². The molecule has 0 N–H and O–H groups in total. The van der Waals surface area contributed by atoms with Crippen LogP contribution in [0.1, 0.15) is 24.0 Å². The van der Waals surface area contributed by atoms with E-state index in [1.54, 1.807) is 38.4 Å². The predicted molar refractivity (Wildman–Crippen MR) is 101 cm³/mol. The van der Waals surface area contributed by atoms with Crippen LogP contribution in [0.25, 0.3) is 5.70 Å². The van der Waals surface area contributed by atoms with Crippen molar-refractivity contribution in [1.29, 1.82) is 0 Å². The van der Waals surface area contributed by atoms with E-state index in [0.717, 1.165) is 29.7 Å². The molecular weight excluding hydrogens is 350 g/mol. The highest BCUT2D eigenvalue weighted by atomic mass is 32.2. The number of sulfonamides is 1. The van der Waals surface area contributed by atoms with Crippen molar-refractivity contribution in [2.75, 3.05) is 20.8 Å². The molecule has 1 aliphatic heterocycles. The maximum Gasteiger partial charge on any atom is 0.264 e. The Hall–Kier alpha value is -2.47. The van der Waals surface area contributed by atoms with Gasteiger partial charge in [0, 0.05) is 19.0 Å². The number of nitrogens with zero attached hydrogens (tertiary/aromatic N) is 1. The van der Waals surface area contributed by atoms with Crippen LogP contribution in [0.3, 0.4) is 0 Å². The van der Waals surface area contributed by atoms with E-state index >= 15 is 0 Å². The molecule has 26 heavy (non-hydrogen) atoms. The minimum absolute atomic E-state index is 0.259. The van der Waals surface area contributed by atoms with Gasteiger partial charge in [-0.1, -0.05) is 17.7 Å². The minimum atomic E-state index is -3.69. The second kappa shape index (κ2) is 7.41. The first kappa shape index (κ1) is 18.3. The summed E-state index contributed by atoms with van der Waals surface area (Å²) in [4.78, 5) is 0.259. The molecule has 0 atom stereocenters. The first-order valence-corrected chi connectivity index (χ1v) is 9.93. The zero-order valence-corrected chi connectivity index (χ0v) is 16.0. The third-order valence-electron chi connectivity index (χ3n) is 4.45. The van der Waals surface area contributed by atoms with E-state index in [-0.39, 0.29) is 4.90 Å². The minimum Gasteiger partial charge on any atom is -0.497 e. The molecule has 0 amide bonds. The van der Waals surface area contributed by atoms with Crippen LogP contribution in [0, 0.1) is 6.92 Å². The number of aryl methyl sites for hydroxylation is 1. The van der Waals surface area contributed by atoms with Crippen molar-refractivity contribution in [1.82, 2.24) is 4.31 Å². The summed E-state index contributed by atoms with van der Waals surface area (Å²) in [6.07, 6.45) is 1.60. The van der Waals surface area contributed by atoms with E-state index < -0.39 is 10.0 Å². The fraction of sp³-hybridized carbons (Fsp3) is 0.300. The lowest BCUT2D eigenvalue weighted by Gasteiger charge is -2.24. The van der Waals surface area contributed by atoms with Crippen molar-refractivity contribution in [2.24, 2.45) is 0 Å². The summed E-state index contributed by atoms with van der Waals surface area (Å²) >= 11 is 0. The molecule has 1 heterocycles. The topological polar surface area (TPSA) is 55.8 Å². The van der Waals surface area contributed by atoms with Gasteiger partial charge in [0.05, 0.1) is 24.3 Å². The lowest BCUT2D eigenvalue weighted by atomic mass is 10.1. The van der Waals surface area contributed by atoms with Crippen LogP contribution < -0.4 is 4.74 Å². The lowest BCUT2D eigenvalue weighted by Crippen LogP contribution is -2.26. The summed E-state index contributed by atoms with van der Waals surface area (Å²) in [5, 5.41) is 0. The van der Waals surface area contributed by atoms with Gasteiger partial charge in [-0.25, -0.2) is 8.42 Å². The van der Waals surface area contributed by atoms with Crippen molar-refractivity contribution in [3.05, 3.63) is 65.4 Å². The van der Waals surface area contributed by atoms with Gasteiger partial charge in [-0.15, -0.1) is 0 Å². The molecule has 6 heteroatoms. The smallest absolute Gasteiger partial charge is 0.264 e. The fourth-order valence-electron chi connectivity index (χ4n) is 2.94. The van der Waals surface area contributed by atoms with Crippen LogP contribution in [0.2, 0.25) is 0 Å². The van der Waals surface area contributed by atoms with Gasteiger partial charge < -0.3 is 9.47 Å². The molecule has 0 aromatic heterocycles. The third-order valence-corrected chi connectivity index (χ3v) is 6.22. The summed E-state index contributed by atoms with van der Waals surface area (Å²) in [5.74, 6) is 1.42. The van der Waals surface area contributed by atoms with Crippen LogP contribution in [-0.2, 0) is 14.8 Å². The zero-order chi connectivity index (χ0) is 18.7. The van der Waals surface area contributed by atoms with Gasteiger partial charge >= 0.3 is 0 Å². The Kier molecular flexibility index (Phi) is 5.23. The van der Waals surface area contributed by atoms with Gasteiger partial charge in [0.2, 0.25) is 0 Å². The number of benzene rings is 2. The van der Waals surface area contributed by atoms with Crippen LogP contribution in [0.4, 0.5) is 0 Å². The van der Waals surface area contributed by atoms with Crippen molar-refractivity contribution >= 4 is 15.7 Å². The largest absolute Gasteiger partial charge is 0.497 e. The van der Waals surface area contributed by atoms with Gasteiger partial charge in [0.25, 0.3) is 10.0 Å². The molecule has 1 aliphatic rings. The molecule has 0 saturated carbocycles. The number of ether oxygens (including phenoxy) is 2. The number of allylic oxidation sites excluding steroid dienone is 1.